The fourth-order valence-corrected chi connectivity index (χ4v) is 4.81. The number of piperidine rings is 1. The van der Waals surface area contributed by atoms with E-state index in [1.54, 1.807) is 21.6 Å². The number of aromatic nitrogens is 2. The minimum absolute atomic E-state index is 0.00417. The Kier molecular flexibility index (Phi) is 6.25. The van der Waals surface area contributed by atoms with Crippen LogP contribution >= 0.6 is 11.6 Å². The summed E-state index contributed by atoms with van der Waals surface area (Å²) in [6.45, 7) is 3.85. The first-order valence-electron chi connectivity index (χ1n) is 10.5. The molecule has 1 aromatic heterocycles. The van der Waals surface area contributed by atoms with Gasteiger partial charge >= 0.3 is 17.9 Å². The van der Waals surface area contributed by atoms with Gasteiger partial charge in [-0.3, -0.25) is 4.57 Å². The van der Waals surface area contributed by atoms with Crippen molar-refractivity contribution in [3.8, 4) is 6.01 Å². The van der Waals surface area contributed by atoms with Crippen LogP contribution in [0.4, 0.5) is 10.6 Å². The molecule has 0 bridgehead atoms. The van der Waals surface area contributed by atoms with Gasteiger partial charge in [0.25, 0.3) is 0 Å². The fourth-order valence-electron chi connectivity index (χ4n) is 4.68. The van der Waals surface area contributed by atoms with Gasteiger partial charge in [-0.25, -0.2) is 4.79 Å². The van der Waals surface area contributed by atoms with Gasteiger partial charge in [-0.15, -0.1) is 0 Å². The first kappa shape index (κ1) is 22.3. The zero-order valence-corrected chi connectivity index (χ0v) is 18.7. The lowest BCUT2D eigenvalue weighted by Crippen LogP contribution is -2.57. The molecule has 11 heteroatoms. The number of nitro groups is 1. The predicted octanol–water partition coefficient (Wildman–Crippen LogP) is 3.23. The van der Waals surface area contributed by atoms with Gasteiger partial charge < -0.3 is 29.8 Å². The van der Waals surface area contributed by atoms with Crippen LogP contribution in [0.5, 0.6) is 6.01 Å². The SMILES string of the molecule is CNC(C1CCN(C(=O)OCc2ccc(Cl)cc2)CC1)[C@]1(C)Cn2cc([N+](=O)[O-])nc2O1. The molecule has 10 nitrogen and oxygen atoms in total. The van der Waals surface area contributed by atoms with Crippen molar-refractivity contribution in [3.05, 3.63) is 51.2 Å². The molecule has 1 aromatic carbocycles. The van der Waals surface area contributed by atoms with Gasteiger partial charge in [-0.2, -0.15) is 0 Å². The number of benzene rings is 1. The number of carbonyl (C=O) groups is 1. The lowest BCUT2D eigenvalue weighted by molar-refractivity contribution is -0.389. The Bertz CT molecular complexity index is 963. The van der Waals surface area contributed by atoms with E-state index in [0.29, 0.717) is 24.7 Å². The minimum Gasteiger partial charge on any atom is -0.445 e. The molecule has 2 aliphatic rings. The maximum Gasteiger partial charge on any atom is 0.415 e. The van der Waals surface area contributed by atoms with Crippen LogP contribution in [-0.2, 0) is 17.9 Å². The Morgan fingerprint density at radius 3 is 2.69 bits per heavy atom. The Balaban J connectivity index is 1.31. The molecule has 0 spiro atoms. The highest BCUT2D eigenvalue weighted by molar-refractivity contribution is 6.30. The van der Waals surface area contributed by atoms with Gasteiger partial charge in [-0.05, 0) is 55.4 Å². The molecule has 2 aliphatic heterocycles. The smallest absolute Gasteiger partial charge is 0.415 e. The standard InChI is InChI=1S/C21H26ClN5O5/c1-21(13-26-11-17(27(29)30)24-19(26)32-21)18(23-2)15-7-9-25(10-8-15)20(28)31-12-14-3-5-16(22)6-4-14/h3-6,11,15,18,23H,7-10,12-13H2,1-2H3/t18?,21-/m0/s1. The number of imidazole rings is 1. The third kappa shape index (κ3) is 4.51. The zero-order chi connectivity index (χ0) is 22.9. The Morgan fingerprint density at radius 1 is 1.41 bits per heavy atom. The molecule has 0 aliphatic carbocycles. The molecule has 2 atom stereocenters. The van der Waals surface area contributed by atoms with E-state index in [2.05, 4.69) is 10.3 Å². The highest BCUT2D eigenvalue weighted by atomic mass is 35.5. The number of hydrogen-bond acceptors (Lipinski definition) is 7. The van der Waals surface area contributed by atoms with E-state index < -0.39 is 10.5 Å². The van der Waals surface area contributed by atoms with E-state index >= 15 is 0 Å². The van der Waals surface area contributed by atoms with Crippen molar-refractivity contribution in [2.24, 2.45) is 5.92 Å². The third-order valence-electron chi connectivity index (χ3n) is 6.24. The van der Waals surface area contributed by atoms with Gasteiger partial charge in [0.1, 0.15) is 18.4 Å². The molecule has 2 aromatic rings. The van der Waals surface area contributed by atoms with Crippen molar-refractivity contribution < 1.29 is 19.2 Å². The Hall–Kier alpha value is -2.85. The normalized spacial score (nSPS) is 21.7. The quantitative estimate of drug-likeness (QED) is 0.517. The van der Waals surface area contributed by atoms with E-state index in [4.69, 9.17) is 21.1 Å². The van der Waals surface area contributed by atoms with E-state index in [1.165, 1.54) is 6.20 Å². The van der Waals surface area contributed by atoms with E-state index in [-0.39, 0.29) is 36.5 Å². The largest absolute Gasteiger partial charge is 0.445 e. The van der Waals surface area contributed by atoms with Gasteiger partial charge in [0.2, 0.25) is 0 Å². The molecule has 4 rings (SSSR count). The molecule has 0 radical (unpaired) electrons. The number of fused-ring (bicyclic) bond motifs is 1. The van der Waals surface area contributed by atoms with Crippen LogP contribution in [0.2, 0.25) is 5.02 Å². The average Bonchev–Trinajstić information content (AvgIpc) is 3.30. The maximum atomic E-state index is 12.5. The molecule has 0 saturated carbocycles. The van der Waals surface area contributed by atoms with Crippen LogP contribution in [0.25, 0.3) is 0 Å². The monoisotopic (exact) mass is 463 g/mol. The van der Waals surface area contributed by atoms with Crippen molar-refractivity contribution in [3.63, 3.8) is 0 Å². The van der Waals surface area contributed by atoms with Crippen LogP contribution in [0.1, 0.15) is 25.3 Å². The summed E-state index contributed by atoms with van der Waals surface area (Å²) >= 11 is 5.88. The van der Waals surface area contributed by atoms with Crippen LogP contribution < -0.4 is 10.1 Å². The van der Waals surface area contributed by atoms with Crippen molar-refractivity contribution in [2.45, 2.75) is 44.6 Å². The Labute approximate surface area is 190 Å². The first-order chi connectivity index (χ1) is 15.3. The van der Waals surface area contributed by atoms with Gasteiger partial charge in [0.05, 0.1) is 12.6 Å². The summed E-state index contributed by atoms with van der Waals surface area (Å²) in [6, 6.07) is 7.47. The summed E-state index contributed by atoms with van der Waals surface area (Å²) in [5.41, 5.74) is 0.297. The number of likely N-dealkylation sites (tertiary alicyclic amines) is 1. The van der Waals surface area contributed by atoms with Crippen molar-refractivity contribution in [1.29, 1.82) is 0 Å². The number of hydrogen-bond donors (Lipinski definition) is 1. The lowest BCUT2D eigenvalue weighted by Gasteiger charge is -2.41. The highest BCUT2D eigenvalue weighted by Crippen LogP contribution is 2.37. The minimum atomic E-state index is -0.589. The van der Waals surface area contributed by atoms with Gasteiger partial charge in [0, 0.05) is 23.1 Å². The highest BCUT2D eigenvalue weighted by Gasteiger charge is 2.48. The molecule has 172 valence electrons. The molecule has 1 amide bonds. The molecule has 1 saturated heterocycles. The second kappa shape index (κ2) is 8.95. The first-order valence-corrected chi connectivity index (χ1v) is 10.9. The van der Waals surface area contributed by atoms with Crippen molar-refractivity contribution in [2.75, 3.05) is 20.1 Å². The summed E-state index contributed by atoms with van der Waals surface area (Å²) in [7, 11) is 1.88. The number of nitrogens with one attached hydrogen (secondary N) is 1. The van der Waals surface area contributed by atoms with E-state index in [0.717, 1.165) is 18.4 Å². The summed E-state index contributed by atoms with van der Waals surface area (Å²) in [4.78, 5) is 28.6. The number of rotatable bonds is 6. The zero-order valence-electron chi connectivity index (χ0n) is 18.0. The number of carbonyl (C=O) groups excluding carboxylic acids is 1. The summed E-state index contributed by atoms with van der Waals surface area (Å²) in [5.74, 6) is 0.0541. The molecule has 1 unspecified atom stereocenters. The van der Waals surface area contributed by atoms with Crippen LogP contribution in [0, 0.1) is 16.0 Å². The number of amides is 1. The van der Waals surface area contributed by atoms with Crippen molar-refractivity contribution in [1.82, 2.24) is 19.8 Å². The van der Waals surface area contributed by atoms with E-state index in [1.807, 2.05) is 26.1 Å². The summed E-state index contributed by atoms with van der Waals surface area (Å²) < 4.78 is 13.2. The molecule has 1 N–H and O–H groups in total. The lowest BCUT2D eigenvalue weighted by atomic mass is 9.80. The second-order valence-corrected chi connectivity index (χ2v) is 8.89. The van der Waals surface area contributed by atoms with Gasteiger partial charge in [0.15, 0.2) is 0 Å². The van der Waals surface area contributed by atoms with Crippen LogP contribution in [0.15, 0.2) is 30.5 Å². The maximum absolute atomic E-state index is 12.5. The number of nitrogens with zero attached hydrogens (tertiary/aromatic N) is 4. The third-order valence-corrected chi connectivity index (χ3v) is 6.49. The second-order valence-electron chi connectivity index (χ2n) is 8.45. The van der Waals surface area contributed by atoms with Crippen LogP contribution in [0.3, 0.4) is 0 Å². The molecule has 1 fully saturated rings. The molecular weight excluding hydrogens is 438 g/mol. The number of likely N-dealkylation sites (N-methyl/N-ethyl adjacent to an activating group) is 1. The number of halogens is 1. The number of ether oxygens (including phenoxy) is 2. The molecular formula is C21H26ClN5O5. The average molecular weight is 464 g/mol. The summed E-state index contributed by atoms with van der Waals surface area (Å²) in [6.07, 6.45) is 2.67. The molecule has 3 heterocycles. The molecule has 32 heavy (non-hydrogen) atoms. The van der Waals surface area contributed by atoms with Gasteiger partial charge in [-0.1, -0.05) is 23.7 Å². The topological polar surface area (TPSA) is 112 Å². The van der Waals surface area contributed by atoms with Crippen LogP contribution in [-0.4, -0.2) is 57.2 Å². The predicted molar refractivity (Wildman–Crippen MR) is 117 cm³/mol. The van der Waals surface area contributed by atoms with Crippen molar-refractivity contribution >= 4 is 23.5 Å². The summed E-state index contributed by atoms with van der Waals surface area (Å²) in [5, 5.41) is 15.0. The Morgan fingerprint density at radius 2 is 2.09 bits per heavy atom. The fraction of sp³-hybridized carbons (Fsp3) is 0.524. The van der Waals surface area contributed by atoms with E-state index in [9.17, 15) is 14.9 Å².